The van der Waals surface area contributed by atoms with E-state index in [-0.39, 0.29) is 18.6 Å². The highest BCUT2D eigenvalue weighted by molar-refractivity contribution is 6.42. The summed E-state index contributed by atoms with van der Waals surface area (Å²) in [5.74, 6) is 0.420. The second kappa shape index (κ2) is 7.16. The van der Waals surface area contributed by atoms with Crippen molar-refractivity contribution in [2.45, 2.75) is 31.8 Å². The van der Waals surface area contributed by atoms with Crippen molar-refractivity contribution in [1.82, 2.24) is 10.6 Å². The molecule has 1 aliphatic rings. The molecule has 1 saturated heterocycles. The maximum absolute atomic E-state index is 11.8. The Labute approximate surface area is 128 Å². The summed E-state index contributed by atoms with van der Waals surface area (Å²) in [5, 5.41) is 7.21. The maximum atomic E-state index is 11.8. The summed E-state index contributed by atoms with van der Waals surface area (Å²) >= 11 is 11.7. The number of carbonyl (C=O) groups excluding carboxylic acids is 1. The fourth-order valence-corrected chi connectivity index (χ4v) is 2.54. The molecule has 0 aliphatic carbocycles. The lowest BCUT2D eigenvalue weighted by Gasteiger charge is -2.28. The third-order valence-electron chi connectivity index (χ3n) is 3.25. The van der Waals surface area contributed by atoms with Crippen molar-refractivity contribution in [3.05, 3.63) is 28.2 Å². The smallest absolute Gasteiger partial charge is 0.258 e. The average Bonchev–Trinajstić information content (AvgIpc) is 2.40. The molecule has 4 nitrogen and oxygen atoms in total. The molecule has 2 rings (SSSR count). The van der Waals surface area contributed by atoms with Crippen LogP contribution in [0.25, 0.3) is 0 Å². The standard InChI is InChI=1S/C14H18Cl2N2O2/c1-9-6-10(4-5-17-9)18-14(19)8-20-11-2-3-12(15)13(16)7-11/h2-3,7,9-10,17H,4-6,8H2,1H3,(H,18,19). The molecule has 1 aliphatic heterocycles. The predicted octanol–water partition coefficient (Wildman–Crippen LogP) is 2.63. The van der Waals surface area contributed by atoms with Crippen molar-refractivity contribution < 1.29 is 9.53 Å². The number of amides is 1. The third-order valence-corrected chi connectivity index (χ3v) is 3.99. The van der Waals surface area contributed by atoms with E-state index < -0.39 is 0 Å². The summed E-state index contributed by atoms with van der Waals surface area (Å²) in [6.07, 6.45) is 1.89. The van der Waals surface area contributed by atoms with Gasteiger partial charge in [-0.1, -0.05) is 23.2 Å². The molecule has 1 aromatic rings. The number of halogens is 2. The van der Waals surface area contributed by atoms with Crippen LogP contribution >= 0.6 is 23.2 Å². The molecule has 1 aromatic carbocycles. The van der Waals surface area contributed by atoms with Crippen LogP contribution < -0.4 is 15.4 Å². The van der Waals surface area contributed by atoms with Gasteiger partial charge in [0.15, 0.2) is 6.61 Å². The van der Waals surface area contributed by atoms with Gasteiger partial charge in [0, 0.05) is 18.2 Å². The van der Waals surface area contributed by atoms with Gasteiger partial charge in [0.25, 0.3) is 5.91 Å². The number of benzene rings is 1. The number of nitrogens with one attached hydrogen (secondary N) is 2. The van der Waals surface area contributed by atoms with E-state index in [0.29, 0.717) is 21.8 Å². The van der Waals surface area contributed by atoms with E-state index in [1.165, 1.54) is 0 Å². The Bertz CT molecular complexity index is 482. The number of carbonyl (C=O) groups is 1. The highest BCUT2D eigenvalue weighted by Gasteiger charge is 2.19. The van der Waals surface area contributed by atoms with Crippen LogP contribution in [0.5, 0.6) is 5.75 Å². The molecule has 1 amide bonds. The first-order valence-electron chi connectivity index (χ1n) is 6.65. The lowest BCUT2D eigenvalue weighted by atomic mass is 10.0. The first-order valence-corrected chi connectivity index (χ1v) is 7.41. The summed E-state index contributed by atoms with van der Waals surface area (Å²) in [5.41, 5.74) is 0. The van der Waals surface area contributed by atoms with Gasteiger partial charge < -0.3 is 15.4 Å². The van der Waals surface area contributed by atoms with Crippen molar-refractivity contribution >= 4 is 29.1 Å². The van der Waals surface area contributed by atoms with Crippen LogP contribution in [0.3, 0.4) is 0 Å². The monoisotopic (exact) mass is 316 g/mol. The topological polar surface area (TPSA) is 50.4 Å². The Morgan fingerprint density at radius 2 is 2.25 bits per heavy atom. The fraction of sp³-hybridized carbons (Fsp3) is 0.500. The molecule has 0 radical (unpaired) electrons. The number of ether oxygens (including phenoxy) is 1. The van der Waals surface area contributed by atoms with Crippen LogP contribution in [-0.2, 0) is 4.79 Å². The summed E-state index contributed by atoms with van der Waals surface area (Å²) < 4.78 is 5.40. The first kappa shape index (κ1) is 15.4. The third kappa shape index (κ3) is 4.54. The highest BCUT2D eigenvalue weighted by atomic mass is 35.5. The molecular formula is C14H18Cl2N2O2. The molecule has 2 unspecified atom stereocenters. The zero-order valence-electron chi connectivity index (χ0n) is 11.3. The molecule has 2 N–H and O–H groups in total. The molecule has 1 fully saturated rings. The van der Waals surface area contributed by atoms with Crippen molar-refractivity contribution in [2.75, 3.05) is 13.2 Å². The molecular weight excluding hydrogens is 299 g/mol. The summed E-state index contributed by atoms with van der Waals surface area (Å²) in [7, 11) is 0. The largest absolute Gasteiger partial charge is 0.484 e. The van der Waals surface area contributed by atoms with Crippen LogP contribution in [-0.4, -0.2) is 31.1 Å². The van der Waals surface area contributed by atoms with Crippen molar-refractivity contribution in [3.63, 3.8) is 0 Å². The molecule has 20 heavy (non-hydrogen) atoms. The van der Waals surface area contributed by atoms with Crippen LogP contribution in [0.1, 0.15) is 19.8 Å². The van der Waals surface area contributed by atoms with Gasteiger partial charge in [-0.15, -0.1) is 0 Å². The summed E-state index contributed by atoms with van der Waals surface area (Å²) in [6, 6.07) is 5.59. The maximum Gasteiger partial charge on any atom is 0.258 e. The average molecular weight is 317 g/mol. The Kier molecular flexibility index (Phi) is 5.52. The Morgan fingerprint density at radius 1 is 1.45 bits per heavy atom. The fourth-order valence-electron chi connectivity index (χ4n) is 2.25. The minimum atomic E-state index is -0.116. The van der Waals surface area contributed by atoms with Crippen LogP contribution in [0.4, 0.5) is 0 Å². The van der Waals surface area contributed by atoms with Crippen molar-refractivity contribution in [2.24, 2.45) is 0 Å². The van der Waals surface area contributed by atoms with Gasteiger partial charge in [-0.3, -0.25) is 4.79 Å². The van der Waals surface area contributed by atoms with E-state index >= 15 is 0 Å². The van der Waals surface area contributed by atoms with Gasteiger partial charge in [0.1, 0.15) is 5.75 Å². The number of rotatable bonds is 4. The van der Waals surface area contributed by atoms with E-state index in [1.54, 1.807) is 18.2 Å². The first-order chi connectivity index (χ1) is 9.54. The molecule has 110 valence electrons. The summed E-state index contributed by atoms with van der Waals surface area (Å²) in [4.78, 5) is 11.8. The minimum absolute atomic E-state index is 0.0176. The molecule has 2 atom stereocenters. The molecule has 0 bridgehead atoms. The zero-order valence-corrected chi connectivity index (χ0v) is 12.8. The molecule has 1 heterocycles. The normalized spacial score (nSPS) is 22.4. The van der Waals surface area contributed by atoms with Crippen molar-refractivity contribution in [3.8, 4) is 5.75 Å². The van der Waals surface area contributed by atoms with Gasteiger partial charge in [-0.05, 0) is 38.4 Å². The molecule has 0 saturated carbocycles. The van der Waals surface area contributed by atoms with E-state index in [4.69, 9.17) is 27.9 Å². The highest BCUT2D eigenvalue weighted by Crippen LogP contribution is 2.26. The van der Waals surface area contributed by atoms with Crippen molar-refractivity contribution in [1.29, 1.82) is 0 Å². The van der Waals surface area contributed by atoms with Gasteiger partial charge in [0.2, 0.25) is 0 Å². The lowest BCUT2D eigenvalue weighted by molar-refractivity contribution is -0.124. The van der Waals surface area contributed by atoms with Crippen LogP contribution in [0, 0.1) is 0 Å². The lowest BCUT2D eigenvalue weighted by Crippen LogP contribution is -2.47. The van der Waals surface area contributed by atoms with Gasteiger partial charge in [-0.25, -0.2) is 0 Å². The van der Waals surface area contributed by atoms with E-state index in [0.717, 1.165) is 19.4 Å². The van der Waals surface area contributed by atoms with Crippen LogP contribution in [0.15, 0.2) is 18.2 Å². The van der Waals surface area contributed by atoms with E-state index in [2.05, 4.69) is 17.6 Å². The summed E-state index contributed by atoms with van der Waals surface area (Å²) in [6.45, 7) is 3.03. The van der Waals surface area contributed by atoms with Crippen LogP contribution in [0.2, 0.25) is 10.0 Å². The van der Waals surface area contributed by atoms with Gasteiger partial charge in [0.05, 0.1) is 10.0 Å². The Morgan fingerprint density at radius 3 is 2.95 bits per heavy atom. The minimum Gasteiger partial charge on any atom is -0.484 e. The Balaban J connectivity index is 1.78. The molecule has 6 heteroatoms. The SMILES string of the molecule is CC1CC(NC(=O)COc2ccc(Cl)c(Cl)c2)CCN1. The predicted molar refractivity (Wildman–Crippen MR) is 80.6 cm³/mol. The second-order valence-electron chi connectivity index (χ2n) is 5.01. The molecule has 0 spiro atoms. The zero-order chi connectivity index (χ0) is 14.5. The number of hydrogen-bond acceptors (Lipinski definition) is 3. The van der Waals surface area contributed by atoms with E-state index in [9.17, 15) is 4.79 Å². The Hall–Kier alpha value is -0.970. The quantitative estimate of drug-likeness (QED) is 0.897. The number of hydrogen-bond donors (Lipinski definition) is 2. The number of piperidine rings is 1. The van der Waals surface area contributed by atoms with Gasteiger partial charge >= 0.3 is 0 Å². The van der Waals surface area contributed by atoms with Gasteiger partial charge in [-0.2, -0.15) is 0 Å². The molecule has 0 aromatic heterocycles. The van der Waals surface area contributed by atoms with E-state index in [1.807, 2.05) is 0 Å². The second-order valence-corrected chi connectivity index (χ2v) is 5.82.